The molecule has 27 heavy (non-hydrogen) atoms. The molecule has 2 aromatic heterocycles. The maximum Gasteiger partial charge on any atom is 0.314 e. The molecule has 7 nitrogen and oxygen atoms in total. The van der Waals surface area contributed by atoms with Crippen LogP contribution in [-0.4, -0.2) is 42.8 Å². The van der Waals surface area contributed by atoms with Gasteiger partial charge in [-0.2, -0.15) is 0 Å². The molecule has 0 unspecified atom stereocenters. The predicted molar refractivity (Wildman–Crippen MR) is 104 cm³/mol. The summed E-state index contributed by atoms with van der Waals surface area (Å²) in [5.41, 5.74) is 3.09. The van der Waals surface area contributed by atoms with Gasteiger partial charge in [0.05, 0.1) is 0 Å². The number of pyridine rings is 1. The normalized spacial score (nSPS) is 10.6. The number of fused-ring (bicyclic) bond motifs is 1. The molecule has 0 bridgehead atoms. The molecule has 0 atom stereocenters. The molecule has 0 spiro atoms. The van der Waals surface area contributed by atoms with E-state index in [0.717, 1.165) is 34.3 Å². The molecule has 2 heterocycles. The molecular weight excluding hydrogens is 344 g/mol. The minimum absolute atomic E-state index is 0.179. The van der Waals surface area contributed by atoms with Gasteiger partial charge in [-0.25, -0.2) is 9.78 Å². The molecule has 0 saturated heterocycles. The SMILES string of the molecule is CNC(=O)NCCc1c[nH]c2ccc(OCCOc3cccc(C)n3)cc12. The zero-order valence-electron chi connectivity index (χ0n) is 15.5. The number of benzene rings is 1. The molecule has 2 amide bonds. The van der Waals surface area contributed by atoms with Crippen LogP contribution in [0.3, 0.4) is 0 Å². The largest absolute Gasteiger partial charge is 0.490 e. The molecule has 0 saturated carbocycles. The maximum absolute atomic E-state index is 11.3. The minimum Gasteiger partial charge on any atom is -0.490 e. The van der Waals surface area contributed by atoms with Crippen molar-refractivity contribution < 1.29 is 14.3 Å². The van der Waals surface area contributed by atoms with Gasteiger partial charge in [0.1, 0.15) is 19.0 Å². The number of hydrogen-bond acceptors (Lipinski definition) is 4. The summed E-state index contributed by atoms with van der Waals surface area (Å²) < 4.78 is 11.4. The molecule has 0 aliphatic rings. The van der Waals surface area contributed by atoms with Gasteiger partial charge in [-0.1, -0.05) is 6.07 Å². The minimum atomic E-state index is -0.179. The van der Waals surface area contributed by atoms with Gasteiger partial charge in [-0.15, -0.1) is 0 Å². The van der Waals surface area contributed by atoms with Crippen molar-refractivity contribution in [3.8, 4) is 11.6 Å². The van der Waals surface area contributed by atoms with E-state index in [-0.39, 0.29) is 6.03 Å². The van der Waals surface area contributed by atoms with Crippen LogP contribution in [0.15, 0.2) is 42.6 Å². The Labute approximate surface area is 158 Å². The number of aryl methyl sites for hydroxylation is 1. The van der Waals surface area contributed by atoms with Gasteiger partial charge >= 0.3 is 6.03 Å². The third-order valence-corrected chi connectivity index (χ3v) is 4.11. The highest BCUT2D eigenvalue weighted by Gasteiger charge is 2.06. The van der Waals surface area contributed by atoms with Crippen molar-refractivity contribution in [2.45, 2.75) is 13.3 Å². The fourth-order valence-corrected chi connectivity index (χ4v) is 2.76. The van der Waals surface area contributed by atoms with E-state index in [9.17, 15) is 4.79 Å². The zero-order valence-corrected chi connectivity index (χ0v) is 15.5. The third-order valence-electron chi connectivity index (χ3n) is 4.11. The Hall–Kier alpha value is -3.22. The molecule has 3 N–H and O–H groups in total. The van der Waals surface area contributed by atoms with Crippen molar-refractivity contribution in [3.05, 3.63) is 53.9 Å². The summed E-state index contributed by atoms with van der Waals surface area (Å²) in [6.07, 6.45) is 2.70. The summed E-state index contributed by atoms with van der Waals surface area (Å²) in [6, 6.07) is 11.4. The standard InChI is InChI=1S/C20H24N4O3/c1-14-4-3-5-19(24-14)27-11-10-26-16-6-7-18-17(12-16)15(13-23-18)8-9-22-20(25)21-2/h3-7,12-13,23H,8-11H2,1-2H3,(H2,21,22,25). The summed E-state index contributed by atoms with van der Waals surface area (Å²) in [6.45, 7) is 3.34. The van der Waals surface area contributed by atoms with E-state index >= 15 is 0 Å². The highest BCUT2D eigenvalue weighted by molar-refractivity contribution is 5.84. The average Bonchev–Trinajstić information content (AvgIpc) is 3.07. The zero-order chi connectivity index (χ0) is 19.1. The summed E-state index contributed by atoms with van der Waals surface area (Å²) in [5.74, 6) is 1.38. The molecule has 1 aromatic carbocycles. The number of aromatic amines is 1. The van der Waals surface area contributed by atoms with Crippen LogP contribution in [-0.2, 0) is 6.42 Å². The van der Waals surface area contributed by atoms with Crippen molar-refractivity contribution in [3.63, 3.8) is 0 Å². The van der Waals surface area contributed by atoms with Crippen molar-refractivity contribution in [1.29, 1.82) is 0 Å². The number of ether oxygens (including phenoxy) is 2. The maximum atomic E-state index is 11.3. The summed E-state index contributed by atoms with van der Waals surface area (Å²) in [4.78, 5) is 18.8. The average molecular weight is 368 g/mol. The van der Waals surface area contributed by atoms with Crippen LogP contribution in [0.5, 0.6) is 11.6 Å². The smallest absolute Gasteiger partial charge is 0.314 e. The predicted octanol–water partition coefficient (Wildman–Crippen LogP) is 2.80. The van der Waals surface area contributed by atoms with E-state index in [4.69, 9.17) is 9.47 Å². The quantitative estimate of drug-likeness (QED) is 0.534. The van der Waals surface area contributed by atoms with Gasteiger partial charge in [0, 0.05) is 42.5 Å². The molecule has 3 aromatic rings. The Kier molecular flexibility index (Phi) is 6.14. The number of rotatable bonds is 8. The highest BCUT2D eigenvalue weighted by Crippen LogP contribution is 2.24. The van der Waals surface area contributed by atoms with E-state index in [0.29, 0.717) is 25.6 Å². The molecular formula is C20H24N4O3. The van der Waals surface area contributed by atoms with Crippen LogP contribution in [0.4, 0.5) is 4.79 Å². The lowest BCUT2D eigenvalue weighted by Crippen LogP contribution is -2.33. The van der Waals surface area contributed by atoms with Crippen LogP contribution in [0.25, 0.3) is 10.9 Å². The fourth-order valence-electron chi connectivity index (χ4n) is 2.76. The van der Waals surface area contributed by atoms with Gasteiger partial charge in [0.15, 0.2) is 0 Å². The van der Waals surface area contributed by atoms with Crippen molar-refractivity contribution in [1.82, 2.24) is 20.6 Å². The van der Waals surface area contributed by atoms with E-state index in [2.05, 4.69) is 20.6 Å². The first-order valence-electron chi connectivity index (χ1n) is 8.90. The number of urea groups is 1. The van der Waals surface area contributed by atoms with Crippen LogP contribution in [0, 0.1) is 6.92 Å². The number of hydrogen-bond donors (Lipinski definition) is 3. The van der Waals surface area contributed by atoms with Crippen molar-refractivity contribution in [2.24, 2.45) is 0 Å². The second kappa shape index (κ2) is 8.93. The van der Waals surface area contributed by atoms with E-state index in [1.54, 1.807) is 7.05 Å². The first-order valence-corrected chi connectivity index (χ1v) is 8.90. The molecule has 0 fully saturated rings. The number of H-pyrrole nitrogens is 1. The van der Waals surface area contributed by atoms with Gasteiger partial charge in [-0.05, 0) is 43.2 Å². The Morgan fingerprint density at radius 2 is 2.04 bits per heavy atom. The lowest BCUT2D eigenvalue weighted by atomic mass is 10.1. The van der Waals surface area contributed by atoms with Crippen LogP contribution < -0.4 is 20.1 Å². The second-order valence-electron chi connectivity index (χ2n) is 6.09. The van der Waals surface area contributed by atoms with Gasteiger partial charge in [0.2, 0.25) is 5.88 Å². The third kappa shape index (κ3) is 5.13. The highest BCUT2D eigenvalue weighted by atomic mass is 16.5. The first-order chi connectivity index (χ1) is 13.2. The van der Waals surface area contributed by atoms with E-state index in [1.165, 1.54) is 0 Å². The number of carbonyl (C=O) groups is 1. The van der Waals surface area contributed by atoms with Crippen LogP contribution in [0.1, 0.15) is 11.3 Å². The molecule has 3 rings (SSSR count). The number of carbonyl (C=O) groups excluding carboxylic acids is 1. The van der Waals surface area contributed by atoms with E-state index < -0.39 is 0 Å². The van der Waals surface area contributed by atoms with Gasteiger partial charge in [-0.3, -0.25) is 0 Å². The number of nitrogens with zero attached hydrogens (tertiary/aromatic N) is 1. The Morgan fingerprint density at radius 3 is 2.85 bits per heavy atom. The summed E-state index contributed by atoms with van der Waals surface area (Å²) >= 11 is 0. The van der Waals surface area contributed by atoms with E-state index in [1.807, 2.05) is 49.5 Å². The number of nitrogens with one attached hydrogen (secondary N) is 3. The first kappa shape index (κ1) is 18.6. The van der Waals surface area contributed by atoms with Crippen LogP contribution in [0.2, 0.25) is 0 Å². The number of amides is 2. The molecule has 0 radical (unpaired) electrons. The van der Waals surface area contributed by atoms with Gasteiger partial charge in [0.25, 0.3) is 0 Å². The Bertz CT molecular complexity index is 907. The fraction of sp³-hybridized carbons (Fsp3) is 0.300. The van der Waals surface area contributed by atoms with Crippen molar-refractivity contribution >= 4 is 16.9 Å². The topological polar surface area (TPSA) is 88.3 Å². The number of aromatic nitrogens is 2. The summed E-state index contributed by atoms with van der Waals surface area (Å²) in [7, 11) is 1.60. The lowest BCUT2D eigenvalue weighted by molar-refractivity contribution is 0.212. The van der Waals surface area contributed by atoms with Crippen LogP contribution >= 0.6 is 0 Å². The molecule has 0 aliphatic carbocycles. The molecule has 7 heteroatoms. The molecule has 0 aliphatic heterocycles. The summed E-state index contributed by atoms with van der Waals surface area (Å²) in [5, 5.41) is 6.42. The second-order valence-corrected chi connectivity index (χ2v) is 6.09. The molecule has 142 valence electrons. The lowest BCUT2D eigenvalue weighted by Gasteiger charge is -2.09. The Balaban J connectivity index is 1.54. The monoisotopic (exact) mass is 368 g/mol. The van der Waals surface area contributed by atoms with Gasteiger partial charge < -0.3 is 25.1 Å². The Morgan fingerprint density at radius 1 is 1.19 bits per heavy atom. The van der Waals surface area contributed by atoms with Crippen molar-refractivity contribution in [2.75, 3.05) is 26.8 Å².